The van der Waals surface area contributed by atoms with Gasteiger partial charge in [0.25, 0.3) is 5.91 Å². The fourth-order valence-corrected chi connectivity index (χ4v) is 4.45. The number of aromatic nitrogens is 3. The molecule has 0 saturated heterocycles. The molecular formula is C20H22N4OS. The van der Waals surface area contributed by atoms with Gasteiger partial charge in [0.2, 0.25) is 0 Å². The van der Waals surface area contributed by atoms with Crippen LogP contribution in [-0.2, 0) is 13.0 Å². The summed E-state index contributed by atoms with van der Waals surface area (Å²) >= 11 is 1.46. The zero-order valence-electron chi connectivity index (χ0n) is 15.0. The summed E-state index contributed by atoms with van der Waals surface area (Å²) in [5, 5.41) is 8.73. The fourth-order valence-electron chi connectivity index (χ4n) is 3.63. The van der Waals surface area contributed by atoms with E-state index in [4.69, 9.17) is 0 Å². The predicted molar refractivity (Wildman–Crippen MR) is 103 cm³/mol. The number of hydrogen-bond donors (Lipinski definition) is 1. The van der Waals surface area contributed by atoms with Crippen molar-refractivity contribution in [3.8, 4) is 0 Å². The number of thiazole rings is 1. The molecule has 1 aliphatic carbocycles. The molecule has 0 fully saturated rings. The Labute approximate surface area is 157 Å². The van der Waals surface area contributed by atoms with Crippen molar-refractivity contribution in [2.75, 3.05) is 0 Å². The van der Waals surface area contributed by atoms with Gasteiger partial charge in [-0.05, 0) is 38.7 Å². The molecule has 0 saturated carbocycles. The smallest absolute Gasteiger partial charge is 0.263 e. The summed E-state index contributed by atoms with van der Waals surface area (Å²) in [6.07, 6.45) is 4.94. The van der Waals surface area contributed by atoms with Crippen LogP contribution in [0.4, 0.5) is 0 Å². The van der Waals surface area contributed by atoms with E-state index in [2.05, 4.69) is 32.2 Å². The van der Waals surface area contributed by atoms with Crippen LogP contribution in [0.1, 0.15) is 56.1 Å². The zero-order valence-corrected chi connectivity index (χ0v) is 15.8. The number of carbonyl (C=O) groups excluding carboxylic acids is 1. The SMILES string of the molecule is Cc1nc(C)c(C(=O)NC2CCCc3c2cnn3Cc2ccccc2)s1. The highest BCUT2D eigenvalue weighted by atomic mass is 32.1. The molecule has 6 heteroatoms. The minimum atomic E-state index is -0.0261. The normalized spacial score (nSPS) is 16.3. The Morgan fingerprint density at radius 2 is 2.12 bits per heavy atom. The van der Waals surface area contributed by atoms with E-state index in [0.29, 0.717) is 4.88 Å². The molecule has 1 aromatic carbocycles. The Bertz CT molecular complexity index is 929. The summed E-state index contributed by atoms with van der Waals surface area (Å²) in [5.41, 5.74) is 4.43. The van der Waals surface area contributed by atoms with Gasteiger partial charge in [-0.25, -0.2) is 4.98 Å². The average Bonchev–Trinajstić information content (AvgIpc) is 3.19. The molecule has 0 radical (unpaired) electrons. The van der Waals surface area contributed by atoms with Crippen molar-refractivity contribution in [2.45, 2.75) is 45.7 Å². The van der Waals surface area contributed by atoms with E-state index in [1.165, 1.54) is 22.6 Å². The molecule has 134 valence electrons. The highest BCUT2D eigenvalue weighted by molar-refractivity contribution is 7.13. The maximum atomic E-state index is 12.7. The molecule has 2 aromatic heterocycles. The maximum Gasteiger partial charge on any atom is 0.263 e. The Morgan fingerprint density at radius 3 is 2.85 bits per heavy atom. The van der Waals surface area contributed by atoms with Crippen LogP contribution >= 0.6 is 11.3 Å². The van der Waals surface area contributed by atoms with Crippen molar-refractivity contribution in [2.24, 2.45) is 0 Å². The standard InChI is InChI=1S/C20H22N4OS/c1-13-19(26-14(2)22-13)20(25)23-17-9-6-10-18-16(17)11-21-24(18)12-15-7-4-3-5-8-15/h3-5,7-8,11,17H,6,9-10,12H2,1-2H3,(H,23,25). The first-order chi connectivity index (χ1) is 12.6. The van der Waals surface area contributed by atoms with Crippen LogP contribution in [0.15, 0.2) is 36.5 Å². The van der Waals surface area contributed by atoms with Gasteiger partial charge in [-0.15, -0.1) is 11.3 Å². The second-order valence-corrected chi connectivity index (χ2v) is 7.96. The lowest BCUT2D eigenvalue weighted by Crippen LogP contribution is -2.31. The summed E-state index contributed by atoms with van der Waals surface area (Å²) in [6, 6.07) is 10.4. The van der Waals surface area contributed by atoms with Gasteiger partial charge in [0.15, 0.2) is 0 Å². The summed E-state index contributed by atoms with van der Waals surface area (Å²) in [4.78, 5) is 17.8. The second-order valence-electron chi connectivity index (χ2n) is 6.76. The topological polar surface area (TPSA) is 59.8 Å². The van der Waals surface area contributed by atoms with Gasteiger partial charge in [-0.1, -0.05) is 30.3 Å². The first-order valence-corrected chi connectivity index (χ1v) is 9.77. The quantitative estimate of drug-likeness (QED) is 0.764. The van der Waals surface area contributed by atoms with Gasteiger partial charge in [0, 0.05) is 11.3 Å². The minimum absolute atomic E-state index is 0.0255. The first-order valence-electron chi connectivity index (χ1n) is 8.95. The fraction of sp³-hybridized carbons (Fsp3) is 0.350. The van der Waals surface area contributed by atoms with E-state index < -0.39 is 0 Å². The molecule has 3 aromatic rings. The van der Waals surface area contributed by atoms with Gasteiger partial charge in [-0.3, -0.25) is 9.48 Å². The molecule has 1 aliphatic rings. The number of amides is 1. The van der Waals surface area contributed by atoms with Crippen LogP contribution < -0.4 is 5.32 Å². The van der Waals surface area contributed by atoms with E-state index in [1.807, 2.05) is 38.2 Å². The number of fused-ring (bicyclic) bond motifs is 1. The van der Waals surface area contributed by atoms with Crippen LogP contribution in [0.5, 0.6) is 0 Å². The van der Waals surface area contributed by atoms with Gasteiger partial charge >= 0.3 is 0 Å². The van der Waals surface area contributed by atoms with Crippen molar-refractivity contribution in [1.29, 1.82) is 0 Å². The molecule has 0 spiro atoms. The van der Waals surface area contributed by atoms with E-state index in [-0.39, 0.29) is 11.9 Å². The molecule has 26 heavy (non-hydrogen) atoms. The van der Waals surface area contributed by atoms with Gasteiger partial charge in [0.05, 0.1) is 29.5 Å². The Kier molecular flexibility index (Phi) is 4.59. The third kappa shape index (κ3) is 3.29. The number of benzene rings is 1. The highest BCUT2D eigenvalue weighted by Gasteiger charge is 2.27. The molecule has 1 unspecified atom stereocenters. The van der Waals surface area contributed by atoms with Gasteiger partial charge < -0.3 is 5.32 Å². The third-order valence-corrected chi connectivity index (χ3v) is 5.92. The lowest BCUT2D eigenvalue weighted by Gasteiger charge is -2.24. The molecule has 4 rings (SSSR count). The zero-order chi connectivity index (χ0) is 18.1. The van der Waals surface area contributed by atoms with Crippen molar-refractivity contribution in [3.63, 3.8) is 0 Å². The Morgan fingerprint density at radius 1 is 1.31 bits per heavy atom. The molecular weight excluding hydrogens is 344 g/mol. The highest BCUT2D eigenvalue weighted by Crippen LogP contribution is 2.30. The van der Waals surface area contributed by atoms with Crippen LogP contribution in [0.25, 0.3) is 0 Å². The van der Waals surface area contributed by atoms with Crippen molar-refractivity contribution < 1.29 is 4.79 Å². The molecule has 1 atom stereocenters. The maximum absolute atomic E-state index is 12.7. The number of nitrogens with zero attached hydrogens (tertiary/aromatic N) is 3. The number of rotatable bonds is 4. The number of aryl methyl sites for hydroxylation is 2. The molecule has 0 bridgehead atoms. The van der Waals surface area contributed by atoms with Crippen molar-refractivity contribution in [1.82, 2.24) is 20.1 Å². The summed E-state index contributed by atoms with van der Waals surface area (Å²) < 4.78 is 2.07. The van der Waals surface area contributed by atoms with Crippen LogP contribution in [0.2, 0.25) is 0 Å². The van der Waals surface area contributed by atoms with E-state index in [9.17, 15) is 4.79 Å². The van der Waals surface area contributed by atoms with Crippen LogP contribution in [0.3, 0.4) is 0 Å². The summed E-state index contributed by atoms with van der Waals surface area (Å²) in [7, 11) is 0. The molecule has 5 nitrogen and oxygen atoms in total. The Balaban J connectivity index is 1.54. The monoisotopic (exact) mass is 366 g/mol. The molecule has 2 heterocycles. The predicted octanol–water partition coefficient (Wildman–Crippen LogP) is 3.81. The summed E-state index contributed by atoms with van der Waals surface area (Å²) in [6.45, 7) is 4.59. The molecule has 1 N–H and O–H groups in total. The lowest BCUT2D eigenvalue weighted by atomic mass is 9.93. The number of hydrogen-bond acceptors (Lipinski definition) is 4. The van der Waals surface area contributed by atoms with E-state index in [1.54, 1.807) is 0 Å². The Hall–Kier alpha value is -2.47. The average molecular weight is 366 g/mol. The minimum Gasteiger partial charge on any atom is -0.344 e. The largest absolute Gasteiger partial charge is 0.344 e. The lowest BCUT2D eigenvalue weighted by molar-refractivity contribution is 0.0936. The molecule has 1 amide bonds. The van der Waals surface area contributed by atoms with Crippen LogP contribution in [-0.4, -0.2) is 20.7 Å². The van der Waals surface area contributed by atoms with Crippen LogP contribution in [0, 0.1) is 13.8 Å². The van der Waals surface area contributed by atoms with Crippen molar-refractivity contribution in [3.05, 3.63) is 68.9 Å². The molecule has 0 aliphatic heterocycles. The first kappa shape index (κ1) is 17.0. The number of nitrogens with one attached hydrogen (secondary N) is 1. The van der Waals surface area contributed by atoms with Gasteiger partial charge in [0.1, 0.15) is 4.88 Å². The van der Waals surface area contributed by atoms with E-state index in [0.717, 1.165) is 42.1 Å². The van der Waals surface area contributed by atoms with Gasteiger partial charge in [-0.2, -0.15) is 5.10 Å². The second kappa shape index (κ2) is 7.03. The number of carbonyl (C=O) groups is 1. The summed E-state index contributed by atoms with van der Waals surface area (Å²) in [5.74, 6) is -0.0261. The van der Waals surface area contributed by atoms with Crippen molar-refractivity contribution >= 4 is 17.2 Å². The van der Waals surface area contributed by atoms with E-state index >= 15 is 0 Å². The third-order valence-electron chi connectivity index (χ3n) is 4.85.